The lowest BCUT2D eigenvalue weighted by atomic mass is 9.99. The average molecular weight is 518 g/mol. The van der Waals surface area contributed by atoms with Gasteiger partial charge < -0.3 is 30.1 Å². The molecule has 0 spiro atoms. The Kier molecular flexibility index (Phi) is 8.65. The van der Waals surface area contributed by atoms with Crippen molar-refractivity contribution in [3.63, 3.8) is 0 Å². The van der Waals surface area contributed by atoms with Crippen molar-refractivity contribution >= 4 is 36.4 Å². The Labute approximate surface area is 206 Å². The number of carbonyl (C=O) groups is 3. The molecule has 0 aliphatic heterocycles. The van der Waals surface area contributed by atoms with Crippen molar-refractivity contribution in [3.05, 3.63) is 71.9 Å². The number of aromatic nitrogens is 1. The molecular weight excluding hydrogens is 491 g/mol. The summed E-state index contributed by atoms with van der Waals surface area (Å²) < 4.78 is 12.7. The largest absolute Gasteiger partial charge is 0.481 e. The Morgan fingerprint density at radius 3 is 2.08 bits per heavy atom. The van der Waals surface area contributed by atoms with E-state index < -0.39 is 49.8 Å². The van der Waals surface area contributed by atoms with Gasteiger partial charge in [0, 0.05) is 23.5 Å². The number of nitrogens with zero attached hydrogens (tertiary/aromatic N) is 1. The standard InChI is InChI=1S/C24H27N2O9P/c27-22(28)13-20(24(31)32)26(21(36(33,34)35)11-10-15-6-2-1-3-7-15)19(23(29)30)12-16-14-25-18-9-5-4-8-17(16)18/h1-9,14,19-21,25H,10-13H2,(H,27,28)(H,29,30)(H,31,32)(H2,33,34,35). The van der Waals surface area contributed by atoms with E-state index in [0.717, 1.165) is 0 Å². The van der Waals surface area contributed by atoms with Crippen LogP contribution in [0.4, 0.5) is 0 Å². The van der Waals surface area contributed by atoms with Gasteiger partial charge in [0.2, 0.25) is 0 Å². The van der Waals surface area contributed by atoms with Crippen LogP contribution in [0, 0.1) is 0 Å². The molecule has 0 saturated heterocycles. The third-order valence-electron chi connectivity index (χ3n) is 6.01. The van der Waals surface area contributed by atoms with Gasteiger partial charge in [0.15, 0.2) is 0 Å². The van der Waals surface area contributed by atoms with Gasteiger partial charge in [-0.1, -0.05) is 48.5 Å². The van der Waals surface area contributed by atoms with Crippen LogP contribution in [0.25, 0.3) is 10.9 Å². The number of fused-ring (bicyclic) bond motifs is 1. The number of aromatic amines is 1. The molecule has 2 aromatic carbocycles. The molecule has 0 fully saturated rings. The second kappa shape index (κ2) is 11.5. The number of benzene rings is 2. The molecule has 1 aromatic heterocycles. The molecule has 3 rings (SSSR count). The number of carboxylic acids is 3. The van der Waals surface area contributed by atoms with Crippen LogP contribution < -0.4 is 0 Å². The lowest BCUT2D eigenvalue weighted by Gasteiger charge is -2.39. The molecule has 192 valence electrons. The lowest BCUT2D eigenvalue weighted by Crippen LogP contribution is -2.56. The maximum atomic E-state index is 12.7. The molecule has 12 heteroatoms. The number of aliphatic carboxylic acids is 3. The second-order valence-corrected chi connectivity index (χ2v) is 10.2. The predicted molar refractivity (Wildman–Crippen MR) is 130 cm³/mol. The lowest BCUT2D eigenvalue weighted by molar-refractivity contribution is -0.156. The van der Waals surface area contributed by atoms with E-state index in [2.05, 4.69) is 4.98 Å². The van der Waals surface area contributed by atoms with Crippen molar-refractivity contribution in [2.45, 2.75) is 43.5 Å². The number of hydrogen-bond donors (Lipinski definition) is 6. The van der Waals surface area contributed by atoms with Gasteiger partial charge in [0.1, 0.15) is 17.9 Å². The number of H-pyrrole nitrogens is 1. The summed E-state index contributed by atoms with van der Waals surface area (Å²) in [7, 11) is -5.14. The van der Waals surface area contributed by atoms with Crippen LogP contribution in [0.5, 0.6) is 0 Å². The summed E-state index contributed by atoms with van der Waals surface area (Å²) >= 11 is 0. The molecule has 0 bridgehead atoms. The quantitative estimate of drug-likeness (QED) is 0.183. The normalized spacial score (nSPS) is 14.4. The van der Waals surface area contributed by atoms with Gasteiger partial charge in [-0.05, 0) is 30.0 Å². The second-order valence-electron chi connectivity index (χ2n) is 8.41. The maximum Gasteiger partial charge on any atom is 0.342 e. The topological polar surface area (TPSA) is 188 Å². The average Bonchev–Trinajstić information content (AvgIpc) is 3.21. The van der Waals surface area contributed by atoms with Crippen LogP contribution in [0.1, 0.15) is 24.0 Å². The Balaban J connectivity index is 2.10. The first-order chi connectivity index (χ1) is 17.0. The van der Waals surface area contributed by atoms with Gasteiger partial charge in [0.05, 0.1) is 6.42 Å². The number of rotatable bonds is 13. The van der Waals surface area contributed by atoms with E-state index in [1.807, 2.05) is 0 Å². The van der Waals surface area contributed by atoms with Gasteiger partial charge in [-0.15, -0.1) is 0 Å². The van der Waals surface area contributed by atoms with Crippen molar-refractivity contribution in [1.29, 1.82) is 0 Å². The summed E-state index contributed by atoms with van der Waals surface area (Å²) in [5, 5.41) is 30.0. The summed E-state index contributed by atoms with van der Waals surface area (Å²) in [6, 6.07) is 11.9. The Morgan fingerprint density at radius 1 is 0.889 bits per heavy atom. The third-order valence-corrected chi connectivity index (χ3v) is 7.31. The molecule has 0 radical (unpaired) electrons. The third kappa shape index (κ3) is 6.58. The molecule has 3 aromatic rings. The minimum atomic E-state index is -5.14. The molecule has 0 aliphatic rings. The maximum absolute atomic E-state index is 12.7. The van der Waals surface area contributed by atoms with E-state index >= 15 is 0 Å². The molecule has 3 unspecified atom stereocenters. The molecule has 6 N–H and O–H groups in total. The smallest absolute Gasteiger partial charge is 0.342 e. The highest BCUT2D eigenvalue weighted by atomic mass is 31.2. The highest BCUT2D eigenvalue weighted by Crippen LogP contribution is 2.47. The number of nitrogens with one attached hydrogen (secondary N) is 1. The van der Waals surface area contributed by atoms with Gasteiger partial charge in [-0.2, -0.15) is 0 Å². The summed E-state index contributed by atoms with van der Waals surface area (Å²) in [6.07, 6.45) is -0.0110. The van der Waals surface area contributed by atoms with Crippen molar-refractivity contribution < 1.29 is 44.1 Å². The van der Waals surface area contributed by atoms with Gasteiger partial charge in [-0.3, -0.25) is 23.8 Å². The molecule has 11 nitrogen and oxygen atoms in total. The monoisotopic (exact) mass is 518 g/mol. The van der Waals surface area contributed by atoms with E-state index in [9.17, 15) is 44.1 Å². The molecule has 0 saturated carbocycles. The van der Waals surface area contributed by atoms with E-state index in [0.29, 0.717) is 26.9 Å². The minimum Gasteiger partial charge on any atom is -0.481 e. The van der Waals surface area contributed by atoms with Crippen LogP contribution in [0.15, 0.2) is 60.8 Å². The zero-order chi connectivity index (χ0) is 26.5. The Morgan fingerprint density at radius 2 is 1.50 bits per heavy atom. The first-order valence-corrected chi connectivity index (χ1v) is 12.8. The first-order valence-electron chi connectivity index (χ1n) is 11.1. The highest BCUT2D eigenvalue weighted by Gasteiger charge is 2.47. The van der Waals surface area contributed by atoms with E-state index in [1.54, 1.807) is 60.8 Å². The zero-order valence-corrected chi connectivity index (χ0v) is 20.0. The fourth-order valence-electron chi connectivity index (χ4n) is 4.38. The highest BCUT2D eigenvalue weighted by molar-refractivity contribution is 7.52. The van der Waals surface area contributed by atoms with Crippen molar-refractivity contribution in [3.8, 4) is 0 Å². The molecule has 36 heavy (non-hydrogen) atoms. The fourth-order valence-corrected chi connectivity index (χ4v) is 5.51. The van der Waals surface area contributed by atoms with Crippen LogP contribution in [0.2, 0.25) is 0 Å². The summed E-state index contributed by atoms with van der Waals surface area (Å²) in [6.45, 7) is 0. The van der Waals surface area contributed by atoms with Crippen LogP contribution in [-0.2, 0) is 31.8 Å². The van der Waals surface area contributed by atoms with Crippen LogP contribution >= 0.6 is 7.60 Å². The summed E-state index contributed by atoms with van der Waals surface area (Å²) in [5.41, 5.74) is 1.87. The zero-order valence-electron chi connectivity index (χ0n) is 19.1. The molecule has 0 aliphatic carbocycles. The van der Waals surface area contributed by atoms with Crippen molar-refractivity contribution in [2.75, 3.05) is 0 Å². The van der Waals surface area contributed by atoms with Crippen LogP contribution in [0.3, 0.4) is 0 Å². The van der Waals surface area contributed by atoms with Crippen LogP contribution in [-0.4, -0.2) is 70.8 Å². The fraction of sp³-hybridized carbons (Fsp3) is 0.292. The first kappa shape index (κ1) is 27.1. The predicted octanol–water partition coefficient (Wildman–Crippen LogP) is 2.53. The number of aryl methyl sites for hydroxylation is 1. The molecular formula is C24H27N2O9P. The summed E-state index contributed by atoms with van der Waals surface area (Å²) in [4.78, 5) is 60.3. The van der Waals surface area contributed by atoms with E-state index in [4.69, 9.17) is 0 Å². The number of carboxylic acid groups (broad SMARTS) is 3. The molecule has 0 amide bonds. The summed E-state index contributed by atoms with van der Waals surface area (Å²) in [5.74, 6) is -6.63. The van der Waals surface area contributed by atoms with E-state index in [1.165, 1.54) is 0 Å². The van der Waals surface area contributed by atoms with Gasteiger partial charge in [0.25, 0.3) is 0 Å². The Hall–Kier alpha value is -3.50. The number of hydrogen-bond acceptors (Lipinski definition) is 5. The Bertz CT molecular complexity index is 1270. The van der Waals surface area contributed by atoms with E-state index in [-0.39, 0.29) is 19.3 Å². The SMILES string of the molecule is O=C(O)CC(C(=O)O)N(C(Cc1c[nH]c2ccccc12)C(=O)O)C(CCc1ccccc1)P(=O)(O)O. The van der Waals surface area contributed by atoms with Crippen molar-refractivity contribution in [2.24, 2.45) is 0 Å². The van der Waals surface area contributed by atoms with Gasteiger partial charge >= 0.3 is 25.5 Å². The molecule has 1 heterocycles. The van der Waals surface area contributed by atoms with Gasteiger partial charge in [-0.25, -0.2) is 0 Å². The molecule has 3 atom stereocenters. The van der Waals surface area contributed by atoms with Crippen molar-refractivity contribution in [1.82, 2.24) is 9.88 Å². The number of para-hydroxylation sites is 1. The minimum absolute atomic E-state index is 0.103.